The summed E-state index contributed by atoms with van der Waals surface area (Å²) in [6, 6.07) is 11.3. The Kier molecular flexibility index (Phi) is 4.61. The van der Waals surface area contributed by atoms with Gasteiger partial charge in [-0.05, 0) is 36.4 Å². The molecule has 1 aromatic carbocycles. The topological polar surface area (TPSA) is 21.3 Å². The van der Waals surface area contributed by atoms with E-state index in [-0.39, 0.29) is 6.10 Å². The van der Waals surface area contributed by atoms with Crippen molar-refractivity contribution in [1.82, 2.24) is 5.32 Å². The van der Waals surface area contributed by atoms with Crippen LogP contribution in [-0.2, 0) is 6.42 Å². The van der Waals surface area contributed by atoms with Crippen LogP contribution in [0, 0.1) is 6.92 Å². The van der Waals surface area contributed by atoms with Crippen molar-refractivity contribution in [2.45, 2.75) is 45.3 Å². The molecule has 1 aliphatic rings. The number of ether oxygens (including phenoxy) is 1. The summed E-state index contributed by atoms with van der Waals surface area (Å²) in [7, 11) is 0. The normalized spacial score (nSPS) is 18.3. The van der Waals surface area contributed by atoms with Crippen LogP contribution in [0.2, 0.25) is 0 Å². The number of hydrogen-bond acceptors (Lipinski definition) is 3. The Morgan fingerprint density at radius 3 is 3.05 bits per heavy atom. The molecule has 21 heavy (non-hydrogen) atoms. The zero-order valence-corrected chi connectivity index (χ0v) is 13.6. The zero-order chi connectivity index (χ0) is 14.7. The Balaban J connectivity index is 1.58. The lowest BCUT2D eigenvalue weighted by Crippen LogP contribution is -2.32. The molecule has 3 rings (SSSR count). The minimum absolute atomic E-state index is 0.265. The number of rotatable bonds is 6. The quantitative estimate of drug-likeness (QED) is 0.848. The Bertz CT molecular complexity index is 579. The van der Waals surface area contributed by atoms with E-state index in [9.17, 15) is 0 Å². The highest BCUT2D eigenvalue weighted by Gasteiger charge is 2.23. The fraction of sp³-hybridized carbons (Fsp3) is 0.444. The van der Waals surface area contributed by atoms with Gasteiger partial charge in [0.25, 0.3) is 0 Å². The van der Waals surface area contributed by atoms with Crippen LogP contribution in [0.3, 0.4) is 0 Å². The summed E-state index contributed by atoms with van der Waals surface area (Å²) < 4.78 is 6.05. The van der Waals surface area contributed by atoms with Crippen molar-refractivity contribution in [3.05, 3.63) is 51.7 Å². The van der Waals surface area contributed by atoms with Crippen LogP contribution < -0.4 is 10.1 Å². The molecule has 0 saturated heterocycles. The molecule has 1 N–H and O–H groups in total. The van der Waals surface area contributed by atoms with E-state index in [0.29, 0.717) is 6.04 Å². The SMILES string of the molecule is CCCC(NCC1Cc2cc(C)ccc2O1)c1cccs1. The molecule has 0 radical (unpaired) electrons. The molecule has 2 heterocycles. The summed E-state index contributed by atoms with van der Waals surface area (Å²) in [6.45, 7) is 5.29. The number of nitrogens with one attached hydrogen (secondary N) is 1. The molecule has 1 aromatic heterocycles. The number of hydrogen-bond donors (Lipinski definition) is 1. The van der Waals surface area contributed by atoms with Crippen molar-refractivity contribution in [3.8, 4) is 5.75 Å². The van der Waals surface area contributed by atoms with Crippen LogP contribution in [0.5, 0.6) is 5.75 Å². The first kappa shape index (κ1) is 14.6. The molecule has 1 aliphatic heterocycles. The van der Waals surface area contributed by atoms with E-state index < -0.39 is 0 Å². The van der Waals surface area contributed by atoms with Gasteiger partial charge in [-0.1, -0.05) is 37.1 Å². The van der Waals surface area contributed by atoms with Gasteiger partial charge in [0.15, 0.2) is 0 Å². The van der Waals surface area contributed by atoms with Crippen LogP contribution in [0.15, 0.2) is 35.7 Å². The number of fused-ring (bicyclic) bond motifs is 1. The first-order valence-corrected chi connectivity index (χ1v) is 8.67. The first-order valence-electron chi connectivity index (χ1n) is 7.79. The van der Waals surface area contributed by atoms with Crippen LogP contribution in [0.4, 0.5) is 0 Å². The molecular weight excluding hydrogens is 278 g/mol. The fourth-order valence-electron chi connectivity index (χ4n) is 2.96. The summed E-state index contributed by atoms with van der Waals surface area (Å²) >= 11 is 1.84. The van der Waals surface area contributed by atoms with Gasteiger partial charge in [-0.15, -0.1) is 11.3 Å². The largest absolute Gasteiger partial charge is 0.488 e. The van der Waals surface area contributed by atoms with E-state index in [1.165, 1.54) is 28.8 Å². The van der Waals surface area contributed by atoms with Crippen LogP contribution >= 0.6 is 11.3 Å². The minimum Gasteiger partial charge on any atom is -0.488 e. The van der Waals surface area contributed by atoms with Gasteiger partial charge < -0.3 is 10.1 Å². The maximum absolute atomic E-state index is 6.05. The molecular formula is C18H23NOS. The lowest BCUT2D eigenvalue weighted by Gasteiger charge is -2.19. The first-order chi connectivity index (χ1) is 10.3. The molecule has 0 fully saturated rings. The molecule has 2 nitrogen and oxygen atoms in total. The van der Waals surface area contributed by atoms with Gasteiger partial charge in [0.05, 0.1) is 0 Å². The average molecular weight is 301 g/mol. The molecule has 0 spiro atoms. The molecule has 0 bridgehead atoms. The summed E-state index contributed by atoms with van der Waals surface area (Å²) in [4.78, 5) is 1.43. The standard InChI is InChI=1S/C18H23NOS/c1-3-5-16(18-6-4-9-21-18)19-12-15-11-14-10-13(2)7-8-17(14)20-15/h4,6-10,15-16,19H,3,5,11-12H2,1-2H3. The fourth-order valence-corrected chi connectivity index (χ4v) is 3.80. The van der Waals surface area contributed by atoms with E-state index >= 15 is 0 Å². The monoisotopic (exact) mass is 301 g/mol. The summed E-state index contributed by atoms with van der Waals surface area (Å²) in [6.07, 6.45) is 3.66. The lowest BCUT2D eigenvalue weighted by atomic mass is 10.1. The van der Waals surface area contributed by atoms with Gasteiger partial charge in [0.1, 0.15) is 11.9 Å². The maximum atomic E-state index is 6.05. The predicted octanol–water partition coefficient (Wildman–Crippen LogP) is 4.49. The average Bonchev–Trinajstić information content (AvgIpc) is 3.12. The third kappa shape index (κ3) is 3.47. The number of thiophene rings is 1. The molecule has 2 aromatic rings. The van der Waals surface area contributed by atoms with E-state index in [0.717, 1.165) is 18.7 Å². The van der Waals surface area contributed by atoms with Crippen LogP contribution in [-0.4, -0.2) is 12.6 Å². The van der Waals surface area contributed by atoms with Crippen molar-refractivity contribution in [2.75, 3.05) is 6.54 Å². The number of benzene rings is 1. The van der Waals surface area contributed by atoms with Crippen molar-refractivity contribution < 1.29 is 4.74 Å². The van der Waals surface area contributed by atoms with Gasteiger partial charge in [-0.25, -0.2) is 0 Å². The molecule has 0 amide bonds. The van der Waals surface area contributed by atoms with Crippen molar-refractivity contribution in [1.29, 1.82) is 0 Å². The van der Waals surface area contributed by atoms with E-state index in [1.807, 2.05) is 11.3 Å². The highest BCUT2D eigenvalue weighted by atomic mass is 32.1. The van der Waals surface area contributed by atoms with Crippen molar-refractivity contribution >= 4 is 11.3 Å². The maximum Gasteiger partial charge on any atom is 0.123 e. The zero-order valence-electron chi connectivity index (χ0n) is 12.8. The Hall–Kier alpha value is -1.32. The second-order valence-corrected chi connectivity index (χ2v) is 6.80. The molecule has 3 heteroatoms. The van der Waals surface area contributed by atoms with Gasteiger partial charge >= 0.3 is 0 Å². The summed E-state index contributed by atoms with van der Waals surface area (Å²) in [5.74, 6) is 1.07. The molecule has 112 valence electrons. The molecule has 2 atom stereocenters. The Morgan fingerprint density at radius 1 is 1.38 bits per heavy atom. The summed E-state index contributed by atoms with van der Waals surface area (Å²) in [5, 5.41) is 5.86. The molecule has 0 aliphatic carbocycles. The van der Waals surface area contributed by atoms with Gasteiger partial charge in [0.2, 0.25) is 0 Å². The predicted molar refractivity (Wildman–Crippen MR) is 89.3 cm³/mol. The lowest BCUT2D eigenvalue weighted by molar-refractivity contribution is 0.220. The second kappa shape index (κ2) is 6.63. The van der Waals surface area contributed by atoms with E-state index in [4.69, 9.17) is 4.74 Å². The smallest absolute Gasteiger partial charge is 0.123 e. The third-order valence-electron chi connectivity index (χ3n) is 4.01. The minimum atomic E-state index is 0.265. The highest BCUT2D eigenvalue weighted by Crippen LogP contribution is 2.30. The Morgan fingerprint density at radius 2 is 2.29 bits per heavy atom. The van der Waals surface area contributed by atoms with E-state index in [2.05, 4.69) is 54.9 Å². The van der Waals surface area contributed by atoms with Crippen LogP contribution in [0.1, 0.15) is 41.8 Å². The highest BCUT2D eigenvalue weighted by molar-refractivity contribution is 7.10. The summed E-state index contributed by atoms with van der Waals surface area (Å²) in [5.41, 5.74) is 2.67. The number of aryl methyl sites for hydroxylation is 1. The second-order valence-electron chi connectivity index (χ2n) is 5.82. The van der Waals surface area contributed by atoms with Crippen LogP contribution in [0.25, 0.3) is 0 Å². The van der Waals surface area contributed by atoms with Crippen molar-refractivity contribution in [3.63, 3.8) is 0 Å². The molecule has 0 saturated carbocycles. The van der Waals surface area contributed by atoms with Gasteiger partial charge in [0, 0.05) is 23.9 Å². The van der Waals surface area contributed by atoms with Gasteiger partial charge in [-0.3, -0.25) is 0 Å². The Labute approximate surface area is 131 Å². The third-order valence-corrected chi connectivity index (χ3v) is 5.00. The van der Waals surface area contributed by atoms with Gasteiger partial charge in [-0.2, -0.15) is 0 Å². The van der Waals surface area contributed by atoms with E-state index in [1.54, 1.807) is 0 Å². The molecule has 2 unspecified atom stereocenters. The van der Waals surface area contributed by atoms with Crippen molar-refractivity contribution in [2.24, 2.45) is 0 Å².